The fraction of sp³-hybridized carbons (Fsp3) is 0.143. The second kappa shape index (κ2) is 7.95. The molecule has 0 unspecified atom stereocenters. The zero-order valence-corrected chi connectivity index (χ0v) is 17.3. The van der Waals surface area contributed by atoms with Crippen LogP contribution in [0.15, 0.2) is 53.8 Å². The SMILES string of the molecule is Cc1cc(Nc2nccc(-c3cn(C)cn3)n2)cc2cc(C(=O)NCc3nnco3)[nH]c12. The summed E-state index contributed by atoms with van der Waals surface area (Å²) in [6.07, 6.45) is 6.53. The maximum absolute atomic E-state index is 12.5. The minimum Gasteiger partial charge on any atom is -0.426 e. The number of fused-ring (bicyclic) bond motifs is 1. The molecule has 11 heteroatoms. The van der Waals surface area contributed by atoms with E-state index in [9.17, 15) is 4.79 Å². The number of hydrogen-bond donors (Lipinski definition) is 3. The molecule has 5 aromatic rings. The Hall–Kier alpha value is -4.54. The summed E-state index contributed by atoms with van der Waals surface area (Å²) in [6.45, 7) is 2.12. The number of aryl methyl sites for hydroxylation is 2. The van der Waals surface area contributed by atoms with Gasteiger partial charge >= 0.3 is 0 Å². The second-order valence-electron chi connectivity index (χ2n) is 7.27. The quantitative estimate of drug-likeness (QED) is 0.374. The number of carbonyl (C=O) groups is 1. The summed E-state index contributed by atoms with van der Waals surface area (Å²) in [5.74, 6) is 0.532. The zero-order chi connectivity index (χ0) is 22.1. The number of H-pyrrole nitrogens is 1. The fourth-order valence-corrected chi connectivity index (χ4v) is 3.38. The first-order valence-electron chi connectivity index (χ1n) is 9.80. The molecule has 0 saturated heterocycles. The van der Waals surface area contributed by atoms with Crippen molar-refractivity contribution in [2.24, 2.45) is 7.05 Å². The third-order valence-corrected chi connectivity index (χ3v) is 4.85. The van der Waals surface area contributed by atoms with Gasteiger partial charge in [-0.3, -0.25) is 4.79 Å². The van der Waals surface area contributed by atoms with E-state index in [4.69, 9.17) is 4.42 Å². The molecular formula is C21H19N9O2. The van der Waals surface area contributed by atoms with Gasteiger partial charge in [-0.1, -0.05) is 0 Å². The molecular weight excluding hydrogens is 410 g/mol. The van der Waals surface area contributed by atoms with Crippen molar-refractivity contribution in [1.29, 1.82) is 0 Å². The highest BCUT2D eigenvalue weighted by atomic mass is 16.4. The van der Waals surface area contributed by atoms with Crippen molar-refractivity contribution in [2.45, 2.75) is 13.5 Å². The predicted octanol–water partition coefficient (Wildman–Crippen LogP) is 2.72. The van der Waals surface area contributed by atoms with Crippen molar-refractivity contribution in [2.75, 3.05) is 5.32 Å². The molecule has 160 valence electrons. The summed E-state index contributed by atoms with van der Waals surface area (Å²) >= 11 is 0. The number of imidazole rings is 1. The van der Waals surface area contributed by atoms with Gasteiger partial charge < -0.3 is 24.6 Å². The lowest BCUT2D eigenvalue weighted by Crippen LogP contribution is -2.23. The number of aromatic nitrogens is 7. The Balaban J connectivity index is 1.37. The topological polar surface area (TPSA) is 139 Å². The summed E-state index contributed by atoms with van der Waals surface area (Å²) in [5, 5.41) is 14.2. The molecule has 0 bridgehead atoms. The molecule has 0 aliphatic rings. The summed E-state index contributed by atoms with van der Waals surface area (Å²) in [7, 11) is 1.91. The van der Waals surface area contributed by atoms with Crippen molar-refractivity contribution in [3.05, 3.63) is 66.5 Å². The minimum atomic E-state index is -0.264. The van der Waals surface area contributed by atoms with Gasteiger partial charge in [0.05, 0.1) is 18.6 Å². The monoisotopic (exact) mass is 429 g/mol. The maximum atomic E-state index is 12.5. The van der Waals surface area contributed by atoms with E-state index in [-0.39, 0.29) is 12.5 Å². The molecule has 32 heavy (non-hydrogen) atoms. The molecule has 0 spiro atoms. The molecule has 0 saturated carbocycles. The first-order valence-corrected chi connectivity index (χ1v) is 9.80. The van der Waals surface area contributed by atoms with Crippen LogP contribution in [0.1, 0.15) is 21.9 Å². The van der Waals surface area contributed by atoms with Gasteiger partial charge in [-0.15, -0.1) is 10.2 Å². The minimum absolute atomic E-state index is 0.157. The lowest BCUT2D eigenvalue weighted by molar-refractivity contribution is 0.0943. The van der Waals surface area contributed by atoms with Crippen LogP contribution in [0.3, 0.4) is 0 Å². The highest BCUT2D eigenvalue weighted by Crippen LogP contribution is 2.26. The Morgan fingerprint density at radius 2 is 2.12 bits per heavy atom. The highest BCUT2D eigenvalue weighted by Gasteiger charge is 2.13. The summed E-state index contributed by atoms with van der Waals surface area (Å²) in [4.78, 5) is 28.9. The van der Waals surface area contributed by atoms with Gasteiger partial charge in [-0.25, -0.2) is 15.0 Å². The molecule has 11 nitrogen and oxygen atoms in total. The van der Waals surface area contributed by atoms with Gasteiger partial charge in [-0.05, 0) is 36.8 Å². The number of benzene rings is 1. The number of amides is 1. The van der Waals surface area contributed by atoms with Crippen LogP contribution in [0, 0.1) is 6.92 Å². The van der Waals surface area contributed by atoms with E-state index in [0.717, 1.165) is 33.5 Å². The van der Waals surface area contributed by atoms with E-state index in [2.05, 4.69) is 40.8 Å². The van der Waals surface area contributed by atoms with Crippen LogP contribution in [-0.2, 0) is 13.6 Å². The van der Waals surface area contributed by atoms with Crippen LogP contribution < -0.4 is 10.6 Å². The number of anilines is 2. The van der Waals surface area contributed by atoms with Crippen LogP contribution >= 0.6 is 0 Å². The van der Waals surface area contributed by atoms with Gasteiger partial charge in [0.2, 0.25) is 18.2 Å². The van der Waals surface area contributed by atoms with Crippen LogP contribution in [-0.4, -0.2) is 40.6 Å². The third kappa shape index (κ3) is 3.90. The Morgan fingerprint density at radius 1 is 1.22 bits per heavy atom. The van der Waals surface area contributed by atoms with E-state index in [1.807, 2.05) is 42.9 Å². The molecule has 0 aliphatic carbocycles. The first-order chi connectivity index (χ1) is 15.5. The number of nitrogens with zero attached hydrogens (tertiary/aromatic N) is 6. The van der Waals surface area contributed by atoms with Crippen molar-refractivity contribution >= 4 is 28.4 Å². The van der Waals surface area contributed by atoms with Crippen molar-refractivity contribution in [3.63, 3.8) is 0 Å². The van der Waals surface area contributed by atoms with Crippen molar-refractivity contribution < 1.29 is 9.21 Å². The smallest absolute Gasteiger partial charge is 0.268 e. The molecule has 3 N–H and O–H groups in total. The van der Waals surface area contributed by atoms with Crippen molar-refractivity contribution in [3.8, 4) is 11.4 Å². The molecule has 4 heterocycles. The highest BCUT2D eigenvalue weighted by molar-refractivity contribution is 5.99. The number of nitrogens with one attached hydrogen (secondary N) is 3. The number of carbonyl (C=O) groups excluding carboxylic acids is 1. The van der Waals surface area contributed by atoms with Gasteiger partial charge in [0.15, 0.2) is 0 Å². The average molecular weight is 429 g/mol. The molecule has 1 amide bonds. The summed E-state index contributed by atoms with van der Waals surface area (Å²) in [5.41, 5.74) is 4.59. The van der Waals surface area contributed by atoms with E-state index in [1.54, 1.807) is 18.6 Å². The van der Waals surface area contributed by atoms with Gasteiger partial charge in [0.25, 0.3) is 5.91 Å². The Bertz CT molecular complexity index is 1400. The molecule has 0 aliphatic heterocycles. The van der Waals surface area contributed by atoms with Crippen LogP contribution in [0.25, 0.3) is 22.3 Å². The predicted molar refractivity (Wildman–Crippen MR) is 116 cm³/mol. The molecule has 5 rings (SSSR count). The lowest BCUT2D eigenvalue weighted by atomic mass is 10.1. The van der Waals surface area contributed by atoms with Gasteiger partial charge in [0, 0.05) is 36.0 Å². The van der Waals surface area contributed by atoms with Gasteiger partial charge in [-0.2, -0.15) is 0 Å². The third-order valence-electron chi connectivity index (χ3n) is 4.85. The van der Waals surface area contributed by atoms with E-state index in [0.29, 0.717) is 17.5 Å². The number of hydrogen-bond acceptors (Lipinski definition) is 8. The van der Waals surface area contributed by atoms with Crippen LogP contribution in [0.2, 0.25) is 0 Å². The first kappa shape index (κ1) is 19.4. The number of rotatable bonds is 6. The molecule has 0 radical (unpaired) electrons. The zero-order valence-electron chi connectivity index (χ0n) is 17.3. The second-order valence-corrected chi connectivity index (χ2v) is 7.27. The summed E-state index contributed by atoms with van der Waals surface area (Å²) in [6, 6.07) is 7.51. The normalized spacial score (nSPS) is 11.1. The fourth-order valence-electron chi connectivity index (χ4n) is 3.38. The van der Waals surface area contributed by atoms with E-state index >= 15 is 0 Å². The largest absolute Gasteiger partial charge is 0.426 e. The molecule has 0 fully saturated rings. The van der Waals surface area contributed by atoms with Crippen molar-refractivity contribution in [1.82, 2.24) is 40.0 Å². The Labute approximate surface area is 181 Å². The molecule has 0 atom stereocenters. The lowest BCUT2D eigenvalue weighted by Gasteiger charge is -2.07. The Kier molecular flexibility index (Phi) is 4.82. The maximum Gasteiger partial charge on any atom is 0.268 e. The van der Waals surface area contributed by atoms with Gasteiger partial charge in [0.1, 0.15) is 11.4 Å². The standard InChI is InChI=1S/C21H19N9O2/c1-12-5-14(26-21-22-4-3-15(28-21)17-9-30(2)10-24-17)6-13-7-16(27-19(12)13)20(31)23-8-18-29-25-11-32-18/h3-7,9-11,27H,8H2,1-2H3,(H,23,31)(H,22,26,28). The van der Waals surface area contributed by atoms with E-state index in [1.165, 1.54) is 6.39 Å². The molecule has 1 aromatic carbocycles. The van der Waals surface area contributed by atoms with Crippen LogP contribution in [0.4, 0.5) is 11.6 Å². The Morgan fingerprint density at radius 3 is 2.91 bits per heavy atom. The van der Waals surface area contributed by atoms with Crippen LogP contribution in [0.5, 0.6) is 0 Å². The molecule has 4 aromatic heterocycles. The number of aromatic amines is 1. The average Bonchev–Trinajstić information content (AvgIpc) is 3.53. The summed E-state index contributed by atoms with van der Waals surface area (Å²) < 4.78 is 6.90. The van der Waals surface area contributed by atoms with E-state index < -0.39 is 0 Å².